The monoisotopic (exact) mass is 308 g/mol. The summed E-state index contributed by atoms with van der Waals surface area (Å²) in [5.74, 6) is 0.295. The quantitative estimate of drug-likeness (QED) is 0.845. The molecule has 1 saturated heterocycles. The van der Waals surface area contributed by atoms with E-state index in [2.05, 4.69) is 31.7 Å². The van der Waals surface area contributed by atoms with Gasteiger partial charge in [0.25, 0.3) is 0 Å². The molecule has 1 heterocycles. The Morgan fingerprint density at radius 2 is 1.86 bits per heavy atom. The van der Waals surface area contributed by atoms with Gasteiger partial charge in [0.2, 0.25) is 5.91 Å². The molecule has 0 aliphatic carbocycles. The van der Waals surface area contributed by atoms with Crippen LogP contribution < -0.4 is 4.90 Å². The third-order valence-electron chi connectivity index (χ3n) is 4.09. The zero-order chi connectivity index (χ0) is 15.4. The highest BCUT2D eigenvalue weighted by atomic mass is 35.5. The second-order valence-electron chi connectivity index (χ2n) is 5.88. The molecule has 1 fully saturated rings. The number of benzene rings is 1. The fourth-order valence-electron chi connectivity index (χ4n) is 2.97. The lowest BCUT2D eigenvalue weighted by molar-refractivity contribution is -0.131. The minimum Gasteiger partial charge on any atom is -0.367 e. The van der Waals surface area contributed by atoms with Crippen LogP contribution in [-0.2, 0) is 4.79 Å². The maximum absolute atomic E-state index is 12.1. The molecule has 0 radical (unpaired) electrons. The summed E-state index contributed by atoms with van der Waals surface area (Å²) < 4.78 is 0. The zero-order valence-corrected chi connectivity index (χ0v) is 14.0. The summed E-state index contributed by atoms with van der Waals surface area (Å²) in [6.45, 7) is 9.61. The molecule has 1 amide bonds. The Morgan fingerprint density at radius 3 is 2.43 bits per heavy atom. The number of unbranched alkanes of at least 4 members (excludes halogenated alkanes) is 1. The fraction of sp³-hybridized carbons (Fsp3) is 0.588. The molecule has 0 bridgehead atoms. The van der Waals surface area contributed by atoms with Crippen molar-refractivity contribution in [2.75, 3.05) is 31.1 Å². The number of carbonyl (C=O) groups is 1. The summed E-state index contributed by atoms with van der Waals surface area (Å²) in [5.41, 5.74) is 3.53. The van der Waals surface area contributed by atoms with Crippen molar-refractivity contribution in [3.8, 4) is 0 Å². The number of nitrogens with zero attached hydrogens (tertiary/aromatic N) is 2. The molecule has 0 N–H and O–H groups in total. The van der Waals surface area contributed by atoms with E-state index in [1.54, 1.807) is 0 Å². The van der Waals surface area contributed by atoms with Gasteiger partial charge >= 0.3 is 0 Å². The highest BCUT2D eigenvalue weighted by molar-refractivity contribution is 6.33. The molecule has 0 atom stereocenters. The maximum Gasteiger partial charge on any atom is 0.222 e. The predicted octanol–water partition coefficient (Wildman–Crippen LogP) is 3.80. The van der Waals surface area contributed by atoms with Crippen molar-refractivity contribution < 1.29 is 4.79 Å². The van der Waals surface area contributed by atoms with Crippen molar-refractivity contribution in [1.82, 2.24) is 4.90 Å². The molecular weight excluding hydrogens is 284 g/mol. The van der Waals surface area contributed by atoms with Crippen molar-refractivity contribution in [2.45, 2.75) is 40.0 Å². The molecule has 21 heavy (non-hydrogen) atoms. The Bertz CT molecular complexity index is 485. The summed E-state index contributed by atoms with van der Waals surface area (Å²) in [6.07, 6.45) is 2.74. The van der Waals surface area contributed by atoms with Crippen LogP contribution in [0.4, 0.5) is 5.69 Å². The molecule has 1 aromatic rings. The minimum absolute atomic E-state index is 0.295. The topological polar surface area (TPSA) is 23.6 Å². The van der Waals surface area contributed by atoms with Crippen LogP contribution in [0, 0.1) is 13.8 Å². The number of anilines is 1. The smallest absolute Gasteiger partial charge is 0.222 e. The van der Waals surface area contributed by atoms with Crippen molar-refractivity contribution >= 4 is 23.2 Å². The number of piperazine rings is 1. The van der Waals surface area contributed by atoms with E-state index in [1.165, 1.54) is 11.1 Å². The number of hydrogen-bond donors (Lipinski definition) is 0. The van der Waals surface area contributed by atoms with Crippen molar-refractivity contribution in [2.24, 2.45) is 0 Å². The first-order valence-corrected chi connectivity index (χ1v) is 8.20. The highest BCUT2D eigenvalue weighted by Crippen LogP contribution is 2.31. The molecule has 0 spiro atoms. The number of rotatable bonds is 4. The second-order valence-corrected chi connectivity index (χ2v) is 6.29. The van der Waals surface area contributed by atoms with Crippen molar-refractivity contribution in [3.05, 3.63) is 28.3 Å². The van der Waals surface area contributed by atoms with Gasteiger partial charge in [0.1, 0.15) is 0 Å². The lowest BCUT2D eigenvalue weighted by Crippen LogP contribution is -2.49. The lowest BCUT2D eigenvalue weighted by atomic mass is 10.1. The molecule has 3 nitrogen and oxygen atoms in total. The number of aryl methyl sites for hydroxylation is 2. The minimum atomic E-state index is 0.295. The molecule has 4 heteroatoms. The summed E-state index contributed by atoms with van der Waals surface area (Å²) in [4.78, 5) is 16.4. The summed E-state index contributed by atoms with van der Waals surface area (Å²) in [5, 5.41) is 0.818. The van der Waals surface area contributed by atoms with Crippen molar-refractivity contribution in [3.63, 3.8) is 0 Å². The van der Waals surface area contributed by atoms with Crippen LogP contribution in [0.5, 0.6) is 0 Å². The Hall–Kier alpha value is -1.22. The zero-order valence-electron chi connectivity index (χ0n) is 13.3. The first kappa shape index (κ1) is 16.2. The van der Waals surface area contributed by atoms with Crippen LogP contribution in [0.15, 0.2) is 12.1 Å². The van der Waals surface area contributed by atoms with Crippen LogP contribution in [0.2, 0.25) is 5.02 Å². The van der Waals surface area contributed by atoms with Crippen LogP contribution in [0.3, 0.4) is 0 Å². The average molecular weight is 309 g/mol. The van der Waals surface area contributed by atoms with Gasteiger partial charge in [-0.05, 0) is 37.5 Å². The number of halogens is 1. The van der Waals surface area contributed by atoms with Gasteiger partial charge < -0.3 is 9.80 Å². The van der Waals surface area contributed by atoms with E-state index in [1.807, 2.05) is 11.0 Å². The van der Waals surface area contributed by atoms with Gasteiger partial charge in [0.05, 0.1) is 10.7 Å². The first-order valence-electron chi connectivity index (χ1n) is 7.82. The van der Waals surface area contributed by atoms with E-state index in [4.69, 9.17) is 11.6 Å². The Labute approximate surface area is 132 Å². The third-order valence-corrected chi connectivity index (χ3v) is 4.38. The highest BCUT2D eigenvalue weighted by Gasteiger charge is 2.23. The van der Waals surface area contributed by atoms with Crippen LogP contribution >= 0.6 is 11.6 Å². The number of hydrogen-bond acceptors (Lipinski definition) is 2. The van der Waals surface area contributed by atoms with E-state index in [-0.39, 0.29) is 0 Å². The fourth-order valence-corrected chi connectivity index (χ4v) is 3.41. The van der Waals surface area contributed by atoms with Gasteiger partial charge in [-0.15, -0.1) is 0 Å². The van der Waals surface area contributed by atoms with Gasteiger partial charge in [-0.2, -0.15) is 0 Å². The van der Waals surface area contributed by atoms with E-state index < -0.39 is 0 Å². The molecule has 2 rings (SSSR count). The molecule has 1 aromatic carbocycles. The predicted molar refractivity (Wildman–Crippen MR) is 89.2 cm³/mol. The van der Waals surface area contributed by atoms with Gasteiger partial charge in [-0.25, -0.2) is 0 Å². The van der Waals surface area contributed by atoms with Crippen molar-refractivity contribution in [1.29, 1.82) is 0 Å². The molecule has 116 valence electrons. The largest absolute Gasteiger partial charge is 0.367 e. The Morgan fingerprint density at radius 1 is 1.19 bits per heavy atom. The normalized spacial score (nSPS) is 15.4. The standard InChI is InChI=1S/C17H25ClN2O/c1-4-5-6-16(21)19-7-9-20(10-8-19)17-14(3)11-13(2)12-15(17)18/h11-12H,4-10H2,1-3H3. The van der Waals surface area contributed by atoms with Crippen LogP contribution in [0.25, 0.3) is 0 Å². The van der Waals surface area contributed by atoms with Gasteiger partial charge in [-0.1, -0.05) is 31.0 Å². The second kappa shape index (κ2) is 7.17. The summed E-state index contributed by atoms with van der Waals surface area (Å²) in [6, 6.07) is 4.18. The van der Waals surface area contributed by atoms with Gasteiger partial charge in [-0.3, -0.25) is 4.79 Å². The Balaban J connectivity index is 2.00. The van der Waals surface area contributed by atoms with Gasteiger partial charge in [0, 0.05) is 32.6 Å². The average Bonchev–Trinajstić information content (AvgIpc) is 2.44. The van der Waals surface area contributed by atoms with Crippen LogP contribution in [0.1, 0.15) is 37.3 Å². The first-order chi connectivity index (χ1) is 10.0. The summed E-state index contributed by atoms with van der Waals surface area (Å²) in [7, 11) is 0. The van der Waals surface area contributed by atoms with E-state index >= 15 is 0 Å². The third kappa shape index (κ3) is 3.91. The lowest BCUT2D eigenvalue weighted by Gasteiger charge is -2.37. The molecule has 0 saturated carbocycles. The van der Waals surface area contributed by atoms with E-state index in [9.17, 15) is 4.79 Å². The SMILES string of the molecule is CCCCC(=O)N1CCN(c2c(C)cc(C)cc2Cl)CC1. The number of amides is 1. The molecule has 1 aliphatic heterocycles. The molecule has 0 unspecified atom stereocenters. The molecular formula is C17H25ClN2O. The molecule has 1 aliphatic rings. The van der Waals surface area contributed by atoms with Crippen LogP contribution in [-0.4, -0.2) is 37.0 Å². The van der Waals surface area contributed by atoms with E-state index in [0.717, 1.165) is 49.7 Å². The van der Waals surface area contributed by atoms with Gasteiger partial charge in [0.15, 0.2) is 0 Å². The Kier molecular flexibility index (Phi) is 5.51. The van der Waals surface area contributed by atoms with E-state index in [0.29, 0.717) is 12.3 Å². The number of carbonyl (C=O) groups excluding carboxylic acids is 1. The maximum atomic E-state index is 12.1. The summed E-state index contributed by atoms with van der Waals surface area (Å²) >= 11 is 6.41. The molecule has 0 aromatic heterocycles.